The molecule has 0 saturated heterocycles. The number of benzene rings is 1. The van der Waals surface area contributed by atoms with Crippen LogP contribution in [0.5, 0.6) is 11.5 Å². The van der Waals surface area contributed by atoms with E-state index in [0.717, 1.165) is 29.3 Å². The Bertz CT molecular complexity index is 689. The van der Waals surface area contributed by atoms with Gasteiger partial charge in [0.1, 0.15) is 23.7 Å². The molecule has 0 aliphatic heterocycles. The molecule has 1 heterocycles. The Kier molecular flexibility index (Phi) is 9.03. The molecule has 0 aliphatic rings. The Labute approximate surface area is 165 Å². The Morgan fingerprint density at radius 3 is 2.64 bits per heavy atom. The molecule has 2 rings (SSSR count). The monoisotopic (exact) mass is 460 g/mol. The summed E-state index contributed by atoms with van der Waals surface area (Å²) in [7, 11) is 6.91. The van der Waals surface area contributed by atoms with E-state index in [0.29, 0.717) is 19.0 Å². The number of hydrogen-bond acceptors (Lipinski definition) is 5. The summed E-state index contributed by atoms with van der Waals surface area (Å²) in [5, 5.41) is 10.5. The van der Waals surface area contributed by atoms with Crippen molar-refractivity contribution in [2.45, 2.75) is 13.0 Å². The van der Waals surface area contributed by atoms with Crippen LogP contribution >= 0.6 is 24.0 Å². The maximum Gasteiger partial charge on any atom is 0.191 e. The molecule has 2 N–H and O–H groups in total. The third-order valence-electron chi connectivity index (χ3n) is 3.62. The molecule has 9 heteroatoms. The fourth-order valence-electron chi connectivity index (χ4n) is 2.26. The number of hydrogen-bond donors (Lipinski definition) is 2. The molecule has 0 saturated carbocycles. The van der Waals surface area contributed by atoms with Crippen LogP contribution in [0.1, 0.15) is 11.4 Å². The Balaban J connectivity index is 0.00000312. The van der Waals surface area contributed by atoms with Crippen molar-refractivity contribution in [1.82, 2.24) is 25.4 Å². The highest BCUT2D eigenvalue weighted by atomic mass is 127. The lowest BCUT2D eigenvalue weighted by atomic mass is 10.1. The van der Waals surface area contributed by atoms with Crippen LogP contribution in [0, 0.1) is 0 Å². The first-order valence-electron chi connectivity index (χ1n) is 7.66. The third-order valence-corrected chi connectivity index (χ3v) is 3.62. The molecule has 0 fully saturated rings. The molecule has 0 bridgehead atoms. The van der Waals surface area contributed by atoms with Gasteiger partial charge in [0.25, 0.3) is 0 Å². The van der Waals surface area contributed by atoms with Crippen LogP contribution in [0.4, 0.5) is 0 Å². The van der Waals surface area contributed by atoms with Gasteiger partial charge in [-0.05, 0) is 30.2 Å². The van der Waals surface area contributed by atoms with E-state index in [-0.39, 0.29) is 24.0 Å². The minimum Gasteiger partial charge on any atom is -0.497 e. The van der Waals surface area contributed by atoms with E-state index in [9.17, 15) is 0 Å². The third kappa shape index (κ3) is 6.07. The lowest BCUT2D eigenvalue weighted by Gasteiger charge is -2.13. The van der Waals surface area contributed by atoms with Crippen molar-refractivity contribution in [1.29, 1.82) is 0 Å². The Morgan fingerprint density at radius 1 is 1.24 bits per heavy atom. The van der Waals surface area contributed by atoms with E-state index >= 15 is 0 Å². The largest absolute Gasteiger partial charge is 0.497 e. The molecule has 0 unspecified atom stereocenters. The summed E-state index contributed by atoms with van der Waals surface area (Å²) < 4.78 is 12.4. The summed E-state index contributed by atoms with van der Waals surface area (Å²) in [6.07, 6.45) is 2.31. The highest BCUT2D eigenvalue weighted by Crippen LogP contribution is 2.24. The van der Waals surface area contributed by atoms with E-state index in [2.05, 4.69) is 25.7 Å². The van der Waals surface area contributed by atoms with Crippen molar-refractivity contribution in [2.24, 2.45) is 12.0 Å². The lowest BCUT2D eigenvalue weighted by molar-refractivity contribution is 0.398. The number of ether oxygens (including phenoxy) is 2. The molecular weight excluding hydrogens is 435 g/mol. The van der Waals surface area contributed by atoms with Gasteiger partial charge in [-0.15, -0.1) is 24.0 Å². The van der Waals surface area contributed by atoms with E-state index in [1.165, 1.54) is 6.33 Å². The molecule has 0 atom stereocenters. The first-order chi connectivity index (χ1) is 11.7. The molecule has 1 aromatic heterocycles. The maximum absolute atomic E-state index is 5.39. The van der Waals surface area contributed by atoms with Crippen LogP contribution in [0.15, 0.2) is 29.5 Å². The number of nitrogens with zero attached hydrogens (tertiary/aromatic N) is 4. The maximum atomic E-state index is 5.39. The summed E-state index contributed by atoms with van der Waals surface area (Å²) in [5.74, 6) is 3.21. The van der Waals surface area contributed by atoms with Crippen molar-refractivity contribution in [3.8, 4) is 11.5 Å². The number of nitrogens with one attached hydrogen (secondary N) is 2. The summed E-state index contributed by atoms with van der Waals surface area (Å²) >= 11 is 0. The highest BCUT2D eigenvalue weighted by Gasteiger charge is 2.06. The smallest absolute Gasteiger partial charge is 0.191 e. The fourth-order valence-corrected chi connectivity index (χ4v) is 2.26. The standard InChI is InChI=1S/C16H24N6O2.HI/c1-17-16(19-10-15-20-11-21-22(15)2)18-8-7-12-9-13(23-3)5-6-14(12)24-4;/h5-6,9,11H,7-8,10H2,1-4H3,(H2,17,18,19);1H. The van der Waals surface area contributed by atoms with Crippen LogP contribution < -0.4 is 20.1 Å². The Morgan fingerprint density at radius 2 is 2.04 bits per heavy atom. The molecule has 0 spiro atoms. The number of guanidine groups is 1. The van der Waals surface area contributed by atoms with Gasteiger partial charge in [-0.3, -0.25) is 9.67 Å². The molecule has 138 valence electrons. The van der Waals surface area contributed by atoms with Crippen LogP contribution in [0.2, 0.25) is 0 Å². The zero-order valence-corrected chi connectivity index (χ0v) is 17.3. The Hall–Kier alpha value is -2.04. The highest BCUT2D eigenvalue weighted by molar-refractivity contribution is 14.0. The van der Waals surface area contributed by atoms with Gasteiger partial charge >= 0.3 is 0 Å². The number of aliphatic imine (C=N–C) groups is 1. The second kappa shape index (κ2) is 10.7. The minimum absolute atomic E-state index is 0. The average molecular weight is 460 g/mol. The molecule has 2 aromatic rings. The summed E-state index contributed by atoms with van der Waals surface area (Å²) in [4.78, 5) is 8.37. The van der Waals surface area contributed by atoms with Gasteiger partial charge < -0.3 is 20.1 Å². The summed E-state index contributed by atoms with van der Waals surface area (Å²) in [6, 6.07) is 5.78. The molecule has 1 aromatic carbocycles. The normalized spacial score (nSPS) is 10.8. The average Bonchev–Trinajstić information content (AvgIpc) is 3.02. The summed E-state index contributed by atoms with van der Waals surface area (Å²) in [5.41, 5.74) is 1.08. The van der Waals surface area contributed by atoms with Gasteiger partial charge in [-0.1, -0.05) is 0 Å². The predicted molar refractivity (Wildman–Crippen MR) is 108 cm³/mol. The van der Waals surface area contributed by atoms with Crippen molar-refractivity contribution in [2.75, 3.05) is 27.8 Å². The molecule has 0 aliphatic carbocycles. The number of rotatable bonds is 7. The molecule has 25 heavy (non-hydrogen) atoms. The second-order valence-electron chi connectivity index (χ2n) is 5.08. The van der Waals surface area contributed by atoms with Crippen molar-refractivity contribution in [3.63, 3.8) is 0 Å². The molecule has 0 radical (unpaired) electrons. The zero-order chi connectivity index (χ0) is 17.4. The zero-order valence-electron chi connectivity index (χ0n) is 14.9. The van der Waals surface area contributed by atoms with E-state index in [1.54, 1.807) is 25.9 Å². The van der Waals surface area contributed by atoms with E-state index in [1.807, 2.05) is 25.2 Å². The first-order valence-corrected chi connectivity index (χ1v) is 7.66. The topological polar surface area (TPSA) is 85.6 Å². The van der Waals surface area contributed by atoms with E-state index in [4.69, 9.17) is 9.47 Å². The molecule has 0 amide bonds. The first kappa shape index (κ1) is 21.0. The van der Waals surface area contributed by atoms with Crippen LogP contribution in [0.25, 0.3) is 0 Å². The lowest BCUT2D eigenvalue weighted by Crippen LogP contribution is -2.38. The quantitative estimate of drug-likeness (QED) is 0.369. The minimum atomic E-state index is 0. The van der Waals surface area contributed by atoms with Gasteiger partial charge in [-0.2, -0.15) is 5.10 Å². The van der Waals surface area contributed by atoms with Crippen LogP contribution in [0.3, 0.4) is 0 Å². The number of aromatic nitrogens is 3. The number of methoxy groups -OCH3 is 2. The van der Waals surface area contributed by atoms with Gasteiger partial charge in [0.15, 0.2) is 5.96 Å². The molecular formula is C16H25IN6O2. The van der Waals surface area contributed by atoms with Crippen molar-refractivity contribution < 1.29 is 9.47 Å². The van der Waals surface area contributed by atoms with Crippen LogP contribution in [-0.4, -0.2) is 48.5 Å². The predicted octanol–water partition coefficient (Wildman–Crippen LogP) is 1.36. The van der Waals surface area contributed by atoms with Gasteiger partial charge in [0, 0.05) is 20.6 Å². The van der Waals surface area contributed by atoms with Gasteiger partial charge in [0.2, 0.25) is 0 Å². The van der Waals surface area contributed by atoms with Crippen LogP contribution in [-0.2, 0) is 20.0 Å². The van der Waals surface area contributed by atoms with E-state index < -0.39 is 0 Å². The number of aryl methyl sites for hydroxylation is 1. The molecule has 8 nitrogen and oxygen atoms in total. The summed E-state index contributed by atoms with van der Waals surface area (Å²) in [6.45, 7) is 1.26. The SMILES string of the molecule is CN=C(NCCc1cc(OC)ccc1OC)NCc1ncnn1C.I. The van der Waals surface area contributed by atoms with Crippen molar-refractivity contribution in [3.05, 3.63) is 35.9 Å². The fraction of sp³-hybridized carbons (Fsp3) is 0.438. The van der Waals surface area contributed by atoms with Gasteiger partial charge in [-0.25, -0.2) is 4.98 Å². The van der Waals surface area contributed by atoms with Gasteiger partial charge in [0.05, 0.1) is 20.8 Å². The van der Waals surface area contributed by atoms with Crippen molar-refractivity contribution >= 4 is 29.9 Å². The number of halogens is 1. The second-order valence-corrected chi connectivity index (χ2v) is 5.08.